The predicted molar refractivity (Wildman–Crippen MR) is 88.6 cm³/mol. The summed E-state index contributed by atoms with van der Waals surface area (Å²) in [5, 5.41) is 14.7. The van der Waals surface area contributed by atoms with Gasteiger partial charge in [-0.2, -0.15) is 0 Å². The minimum atomic E-state index is -0.318. The lowest BCUT2D eigenvalue weighted by atomic mass is 10.0. The van der Waals surface area contributed by atoms with Gasteiger partial charge in [-0.05, 0) is 17.9 Å². The minimum Gasteiger partial charge on any atom is -0.506 e. The van der Waals surface area contributed by atoms with Gasteiger partial charge in [-0.15, -0.1) is 0 Å². The molecule has 0 saturated carbocycles. The van der Waals surface area contributed by atoms with E-state index in [1.807, 2.05) is 31.2 Å². The van der Waals surface area contributed by atoms with Crippen LogP contribution in [0.15, 0.2) is 36.4 Å². The van der Waals surface area contributed by atoms with Crippen LogP contribution in [0.1, 0.15) is 30.1 Å². The van der Waals surface area contributed by atoms with Gasteiger partial charge in [-0.25, -0.2) is 0 Å². The molecular weight excluding hydrogens is 284 g/mol. The molecule has 1 atom stereocenters. The second kappa shape index (κ2) is 6.54. The molecule has 0 saturated heterocycles. The van der Waals surface area contributed by atoms with Crippen molar-refractivity contribution in [1.29, 1.82) is 0 Å². The summed E-state index contributed by atoms with van der Waals surface area (Å²) in [5.74, 6) is -0.322. The maximum Gasteiger partial charge on any atom is 0.255 e. The van der Waals surface area contributed by atoms with E-state index >= 15 is 0 Å². The largest absolute Gasteiger partial charge is 0.506 e. The Hall–Kier alpha value is -2.14. The predicted octanol–water partition coefficient (Wildman–Crippen LogP) is 2.73. The lowest BCUT2D eigenvalue weighted by molar-refractivity contribution is 0.0935. The molecule has 2 aromatic carbocycles. The van der Waals surface area contributed by atoms with Crippen LogP contribution in [0.2, 0.25) is 0 Å². The molecule has 2 rings (SSSR count). The highest BCUT2D eigenvalue weighted by atomic mass is 32.1. The van der Waals surface area contributed by atoms with Crippen molar-refractivity contribution in [2.24, 2.45) is 5.73 Å². The average Bonchev–Trinajstić information content (AvgIpc) is 2.46. The van der Waals surface area contributed by atoms with Crippen LogP contribution in [0.25, 0.3) is 10.8 Å². The van der Waals surface area contributed by atoms with Gasteiger partial charge < -0.3 is 16.2 Å². The molecule has 0 fully saturated rings. The minimum absolute atomic E-state index is 0.00391. The molecule has 2 aromatic rings. The molecular formula is C16H18N2O2S. The third-order valence-electron chi connectivity index (χ3n) is 3.42. The van der Waals surface area contributed by atoms with E-state index in [2.05, 4.69) is 5.32 Å². The quantitative estimate of drug-likeness (QED) is 0.742. The molecule has 21 heavy (non-hydrogen) atoms. The van der Waals surface area contributed by atoms with E-state index in [1.165, 1.54) is 0 Å². The molecule has 0 bridgehead atoms. The number of thiocarbonyl (C=S) groups is 1. The summed E-state index contributed by atoms with van der Waals surface area (Å²) < 4.78 is 0. The molecule has 0 spiro atoms. The number of carbonyl (C=O) groups is 1. The van der Waals surface area contributed by atoms with Crippen LogP contribution in [0, 0.1) is 0 Å². The molecule has 1 unspecified atom stereocenters. The molecule has 0 aliphatic rings. The third-order valence-corrected chi connectivity index (χ3v) is 3.59. The number of aromatic hydroxyl groups is 1. The van der Waals surface area contributed by atoms with Gasteiger partial charge in [0.25, 0.3) is 5.91 Å². The van der Waals surface area contributed by atoms with Crippen molar-refractivity contribution in [1.82, 2.24) is 5.32 Å². The number of nitrogens with two attached hydrogens (primary N) is 1. The molecule has 0 aromatic heterocycles. The number of carbonyl (C=O) groups excluding carboxylic acids is 1. The van der Waals surface area contributed by atoms with Crippen molar-refractivity contribution < 1.29 is 9.90 Å². The van der Waals surface area contributed by atoms with Gasteiger partial charge >= 0.3 is 0 Å². The van der Waals surface area contributed by atoms with Crippen LogP contribution in [-0.4, -0.2) is 22.0 Å². The van der Waals surface area contributed by atoms with Gasteiger partial charge in [0.2, 0.25) is 0 Å². The maximum atomic E-state index is 12.3. The number of nitrogens with one attached hydrogen (secondary N) is 1. The van der Waals surface area contributed by atoms with Crippen molar-refractivity contribution >= 4 is 33.9 Å². The topological polar surface area (TPSA) is 75.3 Å². The molecule has 1 amide bonds. The number of phenols is 1. The molecule has 110 valence electrons. The number of amides is 1. The highest BCUT2D eigenvalue weighted by Gasteiger charge is 2.17. The second-order valence-electron chi connectivity index (χ2n) is 4.93. The number of benzene rings is 2. The van der Waals surface area contributed by atoms with E-state index in [0.29, 0.717) is 16.8 Å². The average molecular weight is 302 g/mol. The summed E-state index contributed by atoms with van der Waals surface area (Å²) in [5.41, 5.74) is 5.78. The van der Waals surface area contributed by atoms with E-state index in [4.69, 9.17) is 18.0 Å². The Morgan fingerprint density at radius 1 is 1.33 bits per heavy atom. The van der Waals surface area contributed by atoms with Gasteiger partial charge in [-0.3, -0.25) is 4.79 Å². The van der Waals surface area contributed by atoms with Crippen LogP contribution >= 0.6 is 12.2 Å². The first-order chi connectivity index (χ1) is 10.0. The summed E-state index contributed by atoms with van der Waals surface area (Å²) in [7, 11) is 0. The van der Waals surface area contributed by atoms with Crippen molar-refractivity contribution in [3.05, 3.63) is 42.0 Å². The lowest BCUT2D eigenvalue weighted by Crippen LogP contribution is -2.37. The second-order valence-corrected chi connectivity index (χ2v) is 5.46. The smallest absolute Gasteiger partial charge is 0.255 e. The first-order valence-electron chi connectivity index (χ1n) is 6.82. The fourth-order valence-electron chi connectivity index (χ4n) is 2.24. The maximum absolute atomic E-state index is 12.3. The number of rotatable bonds is 5. The fourth-order valence-corrected chi connectivity index (χ4v) is 2.44. The molecule has 4 N–H and O–H groups in total. The van der Waals surface area contributed by atoms with E-state index in [9.17, 15) is 9.90 Å². The Morgan fingerprint density at radius 3 is 2.71 bits per heavy atom. The van der Waals surface area contributed by atoms with Crippen LogP contribution in [0.4, 0.5) is 0 Å². The Bertz CT molecular complexity index is 685. The molecule has 0 aliphatic carbocycles. The number of phenolic OH excluding ortho intramolecular Hbond substituents is 1. The van der Waals surface area contributed by atoms with Gasteiger partial charge in [-0.1, -0.05) is 49.5 Å². The molecule has 0 aliphatic heterocycles. The van der Waals surface area contributed by atoms with E-state index in [1.54, 1.807) is 12.1 Å². The van der Waals surface area contributed by atoms with Gasteiger partial charge in [0.15, 0.2) is 0 Å². The SMILES string of the molecule is CCC(CC(N)=S)NC(=O)c1ccc2ccccc2c1O. The fraction of sp³-hybridized carbons (Fsp3) is 0.250. The van der Waals surface area contributed by atoms with Crippen LogP contribution in [0.5, 0.6) is 5.75 Å². The van der Waals surface area contributed by atoms with Gasteiger partial charge in [0.1, 0.15) is 5.75 Å². The monoisotopic (exact) mass is 302 g/mol. The first kappa shape index (κ1) is 15.3. The van der Waals surface area contributed by atoms with Crippen LogP contribution in [0.3, 0.4) is 0 Å². The molecule has 0 radical (unpaired) electrons. The molecule has 5 heteroatoms. The summed E-state index contributed by atoms with van der Waals surface area (Å²) in [6.07, 6.45) is 1.17. The van der Waals surface area contributed by atoms with Gasteiger partial charge in [0, 0.05) is 17.8 Å². The van der Waals surface area contributed by atoms with Crippen molar-refractivity contribution in [2.75, 3.05) is 0 Å². The Kier molecular flexibility index (Phi) is 4.75. The summed E-state index contributed by atoms with van der Waals surface area (Å²) >= 11 is 4.87. The summed E-state index contributed by atoms with van der Waals surface area (Å²) in [6.45, 7) is 1.95. The number of hydrogen-bond donors (Lipinski definition) is 3. The Labute approximate surface area is 129 Å². The van der Waals surface area contributed by atoms with Gasteiger partial charge in [0.05, 0.1) is 10.6 Å². The Balaban J connectivity index is 2.27. The highest BCUT2D eigenvalue weighted by molar-refractivity contribution is 7.80. The zero-order chi connectivity index (χ0) is 15.4. The van der Waals surface area contributed by atoms with E-state index in [0.717, 1.165) is 11.8 Å². The van der Waals surface area contributed by atoms with Crippen molar-refractivity contribution in [3.63, 3.8) is 0 Å². The van der Waals surface area contributed by atoms with Crippen LogP contribution < -0.4 is 11.1 Å². The first-order valence-corrected chi connectivity index (χ1v) is 7.23. The van der Waals surface area contributed by atoms with E-state index in [-0.39, 0.29) is 23.3 Å². The normalized spacial score (nSPS) is 12.0. The van der Waals surface area contributed by atoms with Crippen LogP contribution in [-0.2, 0) is 0 Å². The van der Waals surface area contributed by atoms with Crippen molar-refractivity contribution in [2.45, 2.75) is 25.8 Å². The zero-order valence-corrected chi connectivity index (χ0v) is 12.6. The number of hydrogen-bond acceptors (Lipinski definition) is 3. The van der Waals surface area contributed by atoms with E-state index < -0.39 is 0 Å². The summed E-state index contributed by atoms with van der Waals surface area (Å²) in [4.78, 5) is 12.7. The third kappa shape index (κ3) is 3.49. The number of fused-ring (bicyclic) bond motifs is 1. The summed E-state index contributed by atoms with van der Waals surface area (Å²) in [6, 6.07) is 10.7. The molecule has 4 nitrogen and oxygen atoms in total. The standard InChI is InChI=1S/C16H18N2O2S/c1-2-11(9-14(17)21)18-16(20)13-8-7-10-5-3-4-6-12(10)15(13)19/h3-8,11,19H,2,9H2,1H3,(H2,17,21)(H,18,20). The zero-order valence-electron chi connectivity index (χ0n) is 11.8. The highest BCUT2D eigenvalue weighted by Crippen LogP contribution is 2.28. The molecule has 0 heterocycles. The van der Waals surface area contributed by atoms with Crippen molar-refractivity contribution in [3.8, 4) is 5.75 Å². The Morgan fingerprint density at radius 2 is 2.05 bits per heavy atom. The lowest BCUT2D eigenvalue weighted by Gasteiger charge is -2.17.